The second-order valence-electron chi connectivity index (χ2n) is 8.52. The highest BCUT2D eigenvalue weighted by Crippen LogP contribution is 2.62. The number of hydrogen-bond acceptors (Lipinski definition) is 3. The van der Waals surface area contributed by atoms with E-state index >= 15 is 0 Å². The van der Waals surface area contributed by atoms with Crippen LogP contribution in [0.5, 0.6) is 0 Å². The fraction of sp³-hybridized carbons (Fsp3) is 0.850. The second-order valence-corrected chi connectivity index (χ2v) is 8.52. The van der Waals surface area contributed by atoms with E-state index in [2.05, 4.69) is 13.5 Å². The number of carbonyl (C=O) groups is 1. The van der Waals surface area contributed by atoms with E-state index in [-0.39, 0.29) is 30.5 Å². The van der Waals surface area contributed by atoms with E-state index < -0.39 is 11.4 Å². The van der Waals surface area contributed by atoms with Crippen molar-refractivity contribution < 1.29 is 20.1 Å². The van der Waals surface area contributed by atoms with Crippen molar-refractivity contribution in [2.24, 2.45) is 28.6 Å². The summed E-state index contributed by atoms with van der Waals surface area (Å²) < 4.78 is 0. The molecule has 4 nitrogen and oxygen atoms in total. The van der Waals surface area contributed by atoms with Crippen molar-refractivity contribution in [3.8, 4) is 0 Å². The van der Waals surface area contributed by atoms with Crippen LogP contribution in [0.4, 0.5) is 0 Å². The first-order valence-electron chi connectivity index (χ1n) is 9.42. The van der Waals surface area contributed by atoms with E-state index in [1.165, 1.54) is 5.57 Å². The molecule has 0 heterocycles. The van der Waals surface area contributed by atoms with Gasteiger partial charge in [-0.05, 0) is 75.0 Å². The molecule has 2 rings (SSSR count). The third kappa shape index (κ3) is 3.41. The molecule has 0 aromatic carbocycles. The van der Waals surface area contributed by atoms with Crippen molar-refractivity contribution in [1.29, 1.82) is 0 Å². The predicted molar refractivity (Wildman–Crippen MR) is 94.6 cm³/mol. The average molecular weight is 338 g/mol. The molecule has 0 unspecified atom stereocenters. The zero-order valence-electron chi connectivity index (χ0n) is 15.3. The molecule has 24 heavy (non-hydrogen) atoms. The lowest BCUT2D eigenvalue weighted by atomic mass is 9.46. The highest BCUT2D eigenvalue weighted by Gasteiger charge is 2.57. The minimum absolute atomic E-state index is 0.0139. The van der Waals surface area contributed by atoms with Gasteiger partial charge in [0, 0.05) is 13.2 Å². The summed E-state index contributed by atoms with van der Waals surface area (Å²) in [6.07, 6.45) is 7.06. The predicted octanol–water partition coefficient (Wildman–Crippen LogP) is 3.62. The standard InChI is InChI=1S/C20H34O4/c1-14-5-8-17-19(2,10-4-11-20(17,3)18(23)24)16(14)7-6-15(13-22)9-12-21/h15-17,21-22H,1,4-13H2,2-3H3,(H,23,24)/t15-,16-,17+,19-,20-/m0/s1. The lowest BCUT2D eigenvalue weighted by Crippen LogP contribution is -2.53. The number of hydrogen-bond donors (Lipinski definition) is 3. The Bertz CT molecular complexity index is 474. The number of aliphatic hydroxyl groups is 2. The van der Waals surface area contributed by atoms with Gasteiger partial charge in [0.05, 0.1) is 5.41 Å². The minimum Gasteiger partial charge on any atom is -0.481 e. The van der Waals surface area contributed by atoms with E-state index in [9.17, 15) is 15.0 Å². The third-order valence-electron chi connectivity index (χ3n) is 7.17. The Morgan fingerprint density at radius 2 is 2.00 bits per heavy atom. The van der Waals surface area contributed by atoms with Gasteiger partial charge in [-0.1, -0.05) is 25.5 Å². The molecule has 2 aliphatic rings. The zero-order valence-corrected chi connectivity index (χ0v) is 15.3. The number of carboxylic acid groups (broad SMARTS) is 1. The Morgan fingerprint density at radius 1 is 1.29 bits per heavy atom. The van der Waals surface area contributed by atoms with Gasteiger partial charge in [0.2, 0.25) is 0 Å². The highest BCUT2D eigenvalue weighted by molar-refractivity contribution is 5.75. The number of aliphatic hydroxyl groups excluding tert-OH is 2. The van der Waals surface area contributed by atoms with Gasteiger partial charge in [0.15, 0.2) is 0 Å². The number of rotatable bonds is 7. The van der Waals surface area contributed by atoms with Gasteiger partial charge in [-0.3, -0.25) is 4.79 Å². The summed E-state index contributed by atoms with van der Waals surface area (Å²) in [5, 5.41) is 28.5. The molecular formula is C20H34O4. The van der Waals surface area contributed by atoms with Crippen LogP contribution in [-0.2, 0) is 4.79 Å². The van der Waals surface area contributed by atoms with Crippen LogP contribution in [0.2, 0.25) is 0 Å². The molecule has 0 spiro atoms. The fourth-order valence-electron chi connectivity index (χ4n) is 5.65. The first kappa shape index (κ1) is 19.5. The molecule has 5 atom stereocenters. The maximum Gasteiger partial charge on any atom is 0.309 e. The highest BCUT2D eigenvalue weighted by atomic mass is 16.4. The van der Waals surface area contributed by atoms with Gasteiger partial charge in [-0.2, -0.15) is 0 Å². The summed E-state index contributed by atoms with van der Waals surface area (Å²) >= 11 is 0. The summed E-state index contributed by atoms with van der Waals surface area (Å²) in [5.74, 6) is -0.0143. The van der Waals surface area contributed by atoms with Crippen LogP contribution in [0.3, 0.4) is 0 Å². The van der Waals surface area contributed by atoms with E-state index in [0.29, 0.717) is 12.3 Å². The van der Waals surface area contributed by atoms with Crippen LogP contribution in [-0.4, -0.2) is 34.5 Å². The number of fused-ring (bicyclic) bond motifs is 1. The Labute approximate surface area is 146 Å². The average Bonchev–Trinajstić information content (AvgIpc) is 2.52. The topological polar surface area (TPSA) is 77.8 Å². The maximum atomic E-state index is 12.0. The van der Waals surface area contributed by atoms with Gasteiger partial charge in [0.25, 0.3) is 0 Å². The third-order valence-corrected chi connectivity index (χ3v) is 7.17. The van der Waals surface area contributed by atoms with Crippen LogP contribution < -0.4 is 0 Å². The SMILES string of the molecule is C=C1CC[C@@H]2[C@@](C)(CCC[C@]2(C)C(=O)O)[C@H]1CC[C@H](CO)CCO. The zero-order chi connectivity index (χ0) is 18.0. The van der Waals surface area contributed by atoms with E-state index in [1.54, 1.807) is 0 Å². The Balaban J connectivity index is 2.20. The molecule has 4 heteroatoms. The van der Waals surface area contributed by atoms with Gasteiger partial charge >= 0.3 is 5.97 Å². The lowest BCUT2D eigenvalue weighted by molar-refractivity contribution is -0.164. The van der Waals surface area contributed by atoms with Crippen LogP contribution >= 0.6 is 0 Å². The summed E-state index contributed by atoms with van der Waals surface area (Å²) in [5.41, 5.74) is 0.608. The number of allylic oxidation sites excluding steroid dienone is 1. The normalized spacial score (nSPS) is 37.8. The monoisotopic (exact) mass is 338 g/mol. The van der Waals surface area contributed by atoms with Crippen LogP contribution in [0, 0.1) is 28.6 Å². The smallest absolute Gasteiger partial charge is 0.309 e. The fourth-order valence-corrected chi connectivity index (χ4v) is 5.65. The molecule has 2 fully saturated rings. The Morgan fingerprint density at radius 3 is 2.58 bits per heavy atom. The van der Waals surface area contributed by atoms with Crippen LogP contribution in [0.15, 0.2) is 12.2 Å². The molecule has 138 valence electrons. The van der Waals surface area contributed by atoms with Crippen molar-refractivity contribution in [2.45, 2.75) is 65.2 Å². The van der Waals surface area contributed by atoms with E-state index in [4.69, 9.17) is 5.11 Å². The van der Waals surface area contributed by atoms with E-state index in [1.807, 2.05) is 6.92 Å². The lowest BCUT2D eigenvalue weighted by Gasteiger charge is -2.57. The van der Waals surface area contributed by atoms with Crippen molar-refractivity contribution >= 4 is 5.97 Å². The number of aliphatic carboxylic acids is 1. The van der Waals surface area contributed by atoms with Gasteiger partial charge < -0.3 is 15.3 Å². The van der Waals surface area contributed by atoms with Gasteiger partial charge in [0.1, 0.15) is 0 Å². The number of carboxylic acids is 1. The summed E-state index contributed by atoms with van der Waals surface area (Å²) in [4.78, 5) is 12.0. The molecule has 0 radical (unpaired) electrons. The molecule has 2 aliphatic carbocycles. The second kappa shape index (κ2) is 7.57. The minimum atomic E-state index is -0.654. The van der Waals surface area contributed by atoms with Crippen molar-refractivity contribution in [3.63, 3.8) is 0 Å². The van der Waals surface area contributed by atoms with E-state index in [0.717, 1.165) is 44.9 Å². The quantitative estimate of drug-likeness (QED) is 0.620. The molecule has 0 aromatic rings. The van der Waals surface area contributed by atoms with Crippen LogP contribution in [0.25, 0.3) is 0 Å². The maximum absolute atomic E-state index is 12.0. The van der Waals surface area contributed by atoms with Gasteiger partial charge in [-0.25, -0.2) is 0 Å². The van der Waals surface area contributed by atoms with Crippen molar-refractivity contribution in [3.05, 3.63) is 12.2 Å². The van der Waals surface area contributed by atoms with Crippen molar-refractivity contribution in [1.82, 2.24) is 0 Å². The molecular weight excluding hydrogens is 304 g/mol. The first-order valence-corrected chi connectivity index (χ1v) is 9.42. The van der Waals surface area contributed by atoms with Crippen molar-refractivity contribution in [2.75, 3.05) is 13.2 Å². The summed E-state index contributed by atoms with van der Waals surface area (Å²) in [7, 11) is 0. The Hall–Kier alpha value is -0.870. The first-order chi connectivity index (χ1) is 11.3. The van der Waals surface area contributed by atoms with Gasteiger partial charge in [-0.15, -0.1) is 0 Å². The largest absolute Gasteiger partial charge is 0.481 e. The molecule has 2 saturated carbocycles. The molecule has 0 aliphatic heterocycles. The summed E-state index contributed by atoms with van der Waals surface area (Å²) in [6.45, 7) is 8.73. The van der Waals surface area contributed by atoms with Crippen LogP contribution in [0.1, 0.15) is 65.2 Å². The summed E-state index contributed by atoms with van der Waals surface area (Å²) in [6, 6.07) is 0. The molecule has 0 aromatic heterocycles. The molecule has 3 N–H and O–H groups in total. The molecule has 0 bridgehead atoms. The molecule has 0 amide bonds. The molecule has 0 saturated heterocycles. The Kier molecular flexibility index (Phi) is 6.14.